The van der Waals surface area contributed by atoms with E-state index in [1.54, 1.807) is 0 Å². The second-order valence-electron chi connectivity index (χ2n) is 14.1. The lowest BCUT2D eigenvalue weighted by Gasteiger charge is -2.44. The van der Waals surface area contributed by atoms with Crippen molar-refractivity contribution in [2.75, 3.05) is 37.1 Å². The first kappa shape index (κ1) is 47.2. The van der Waals surface area contributed by atoms with Gasteiger partial charge in [0.25, 0.3) is 11.8 Å². The standard InChI is InChI=1S/C40H52N2O18/c1-21(43)53-29-31(55-23(3)45)35(57-25(5)47)39-51-19-13-11-9-10-12-14-20-52-40-36(58-26(6)48)32(56-24(4)46)30(54-22(2)44)34(60-40)38(50)42(8)28-17-15-27(16-18-28)41(7)37(49)33(29)59-39/h9-10,15-18,29-36,39-40H,11-14,19-20H2,1-8H3/b10-9-/t29-,30-,31-,32-,33-,34-,35+,36+,39-,40-/m0/s1. The normalized spacial score (nSPS) is 29.9. The van der Waals surface area contributed by atoms with E-state index < -0.39 is 109 Å². The number of ether oxygens (including phenoxy) is 10. The van der Waals surface area contributed by atoms with Gasteiger partial charge in [0.05, 0.1) is 13.2 Å². The predicted molar refractivity (Wildman–Crippen MR) is 203 cm³/mol. The predicted octanol–water partition coefficient (Wildman–Crippen LogP) is 1.82. The molecule has 20 nitrogen and oxygen atoms in total. The number of likely N-dealkylation sites (N-methyl/N-ethyl adjacent to an activating group) is 2. The summed E-state index contributed by atoms with van der Waals surface area (Å²) in [5.41, 5.74) is 0.526. The Bertz CT molecular complexity index is 1640. The second-order valence-corrected chi connectivity index (χ2v) is 14.1. The fraction of sp³-hybridized carbons (Fsp3) is 0.600. The largest absolute Gasteiger partial charge is 0.455 e. The molecule has 20 heteroatoms. The molecule has 5 rings (SSSR count). The quantitative estimate of drug-likeness (QED) is 0.225. The third-order valence-electron chi connectivity index (χ3n) is 9.34. The summed E-state index contributed by atoms with van der Waals surface area (Å²) < 4.78 is 57.2. The molecule has 0 unspecified atom stereocenters. The molecule has 0 aliphatic carbocycles. The first-order valence-electron chi connectivity index (χ1n) is 19.3. The summed E-state index contributed by atoms with van der Waals surface area (Å²) in [6.45, 7) is 6.69. The number of carbonyl (C=O) groups is 8. The molecule has 0 aromatic heterocycles. The maximum Gasteiger partial charge on any atom is 0.303 e. The Balaban J connectivity index is 1.76. The van der Waals surface area contributed by atoms with Crippen LogP contribution in [0.1, 0.15) is 67.2 Å². The van der Waals surface area contributed by atoms with Crippen molar-refractivity contribution >= 4 is 59.0 Å². The minimum Gasteiger partial charge on any atom is -0.455 e. The van der Waals surface area contributed by atoms with Crippen molar-refractivity contribution in [3.8, 4) is 0 Å². The van der Waals surface area contributed by atoms with Crippen LogP contribution in [-0.2, 0) is 85.7 Å². The molecule has 0 spiro atoms. The number of allylic oxidation sites excluding steroid dienone is 2. The number of rotatable bonds is 6. The monoisotopic (exact) mass is 848 g/mol. The van der Waals surface area contributed by atoms with E-state index in [0.717, 1.165) is 41.5 Å². The molecule has 60 heavy (non-hydrogen) atoms. The van der Waals surface area contributed by atoms with Crippen molar-refractivity contribution in [2.45, 2.75) is 129 Å². The Kier molecular flexibility index (Phi) is 17.1. The van der Waals surface area contributed by atoms with E-state index in [2.05, 4.69) is 0 Å². The van der Waals surface area contributed by atoms with Gasteiger partial charge in [0, 0.05) is 67.0 Å². The van der Waals surface area contributed by atoms with Crippen LogP contribution >= 0.6 is 0 Å². The van der Waals surface area contributed by atoms with Crippen LogP contribution in [0.2, 0.25) is 0 Å². The first-order chi connectivity index (χ1) is 28.4. The van der Waals surface area contributed by atoms with Gasteiger partial charge in [0.2, 0.25) is 0 Å². The Morgan fingerprint density at radius 3 is 1.07 bits per heavy atom. The zero-order chi connectivity index (χ0) is 44.3. The molecule has 330 valence electrons. The molecule has 0 N–H and O–H groups in total. The summed E-state index contributed by atoms with van der Waals surface area (Å²) in [6.07, 6.45) is -9.55. The summed E-state index contributed by atoms with van der Waals surface area (Å²) in [5.74, 6) is -6.44. The van der Waals surface area contributed by atoms with E-state index in [1.165, 1.54) is 48.2 Å². The summed E-state index contributed by atoms with van der Waals surface area (Å²) in [4.78, 5) is 105. The van der Waals surface area contributed by atoms with Crippen LogP contribution in [0.4, 0.5) is 11.4 Å². The molecule has 2 saturated heterocycles. The van der Waals surface area contributed by atoms with Crippen LogP contribution in [0.25, 0.3) is 0 Å². The lowest BCUT2D eigenvalue weighted by Crippen LogP contribution is -2.65. The Hall–Kier alpha value is -5.44. The van der Waals surface area contributed by atoms with Crippen LogP contribution in [0.15, 0.2) is 36.4 Å². The number of carbonyl (C=O) groups excluding carboxylic acids is 8. The number of amides is 2. The SMILES string of the molecule is CC(=O)O[C@@H]1[C@@H](OC(C)=O)[C@H]2OCCC/C=C\CCCO[C@H]3O[C@H](C(=O)N(C)c4ccc(cc4)N(C)C(=O)[C@@H](O2)[C@H]1OC(C)=O)[C@@H](OC(C)=O)[C@H](OC(C)=O)[C@H]3OC(C)=O. The summed E-state index contributed by atoms with van der Waals surface area (Å²) in [5, 5.41) is 0. The highest BCUT2D eigenvalue weighted by Crippen LogP contribution is 2.34. The molecule has 1 aromatic carbocycles. The molecular weight excluding hydrogens is 796 g/mol. The topological polar surface area (TPSA) is 235 Å². The summed E-state index contributed by atoms with van der Waals surface area (Å²) >= 11 is 0. The highest BCUT2D eigenvalue weighted by atomic mass is 16.7. The van der Waals surface area contributed by atoms with Crippen molar-refractivity contribution in [1.82, 2.24) is 0 Å². The lowest BCUT2D eigenvalue weighted by atomic mass is 9.96. The van der Waals surface area contributed by atoms with Crippen LogP contribution < -0.4 is 9.80 Å². The molecule has 2 fully saturated rings. The third kappa shape index (κ3) is 12.5. The number of anilines is 2. The van der Waals surface area contributed by atoms with Gasteiger partial charge in [-0.3, -0.25) is 38.4 Å². The van der Waals surface area contributed by atoms with E-state index in [4.69, 9.17) is 47.4 Å². The Morgan fingerprint density at radius 1 is 0.483 bits per heavy atom. The molecule has 6 bridgehead atoms. The summed E-state index contributed by atoms with van der Waals surface area (Å²) in [6, 6.07) is 5.95. The van der Waals surface area contributed by atoms with Gasteiger partial charge >= 0.3 is 35.8 Å². The lowest BCUT2D eigenvalue weighted by molar-refractivity contribution is -0.297. The van der Waals surface area contributed by atoms with E-state index in [0.29, 0.717) is 25.7 Å². The number of nitrogens with zero attached hydrogens (tertiary/aromatic N) is 2. The van der Waals surface area contributed by atoms with Crippen molar-refractivity contribution in [3.05, 3.63) is 36.4 Å². The summed E-state index contributed by atoms with van der Waals surface area (Å²) in [7, 11) is 2.81. The number of esters is 6. The first-order valence-corrected chi connectivity index (χ1v) is 19.3. The zero-order valence-corrected chi connectivity index (χ0v) is 34.7. The highest BCUT2D eigenvalue weighted by Gasteiger charge is 2.57. The van der Waals surface area contributed by atoms with Crippen molar-refractivity contribution in [2.24, 2.45) is 0 Å². The number of benzene rings is 1. The van der Waals surface area contributed by atoms with Gasteiger partial charge in [-0.25, -0.2) is 0 Å². The van der Waals surface area contributed by atoms with Crippen LogP contribution in [0.3, 0.4) is 0 Å². The van der Waals surface area contributed by atoms with Crippen LogP contribution in [-0.4, -0.2) is 136 Å². The van der Waals surface area contributed by atoms with Gasteiger partial charge < -0.3 is 57.2 Å². The number of fused-ring (bicyclic) bond motifs is 12. The third-order valence-corrected chi connectivity index (χ3v) is 9.34. The fourth-order valence-corrected chi connectivity index (χ4v) is 6.79. The van der Waals surface area contributed by atoms with Gasteiger partial charge in [0.15, 0.2) is 61.4 Å². The smallest absolute Gasteiger partial charge is 0.303 e. The van der Waals surface area contributed by atoms with Crippen LogP contribution in [0, 0.1) is 0 Å². The maximum absolute atomic E-state index is 14.3. The maximum atomic E-state index is 14.3. The molecule has 0 saturated carbocycles. The van der Waals surface area contributed by atoms with Crippen molar-refractivity contribution in [1.29, 1.82) is 0 Å². The molecule has 4 heterocycles. The molecule has 0 radical (unpaired) electrons. The second kappa shape index (κ2) is 21.7. The zero-order valence-electron chi connectivity index (χ0n) is 34.7. The number of hydrogen-bond acceptors (Lipinski definition) is 18. The minimum absolute atomic E-state index is 0.0426. The number of hydrogen-bond donors (Lipinski definition) is 0. The van der Waals surface area contributed by atoms with E-state index in [-0.39, 0.29) is 24.6 Å². The van der Waals surface area contributed by atoms with E-state index in [9.17, 15) is 38.4 Å². The molecular formula is C40H52N2O18. The van der Waals surface area contributed by atoms with E-state index >= 15 is 0 Å². The van der Waals surface area contributed by atoms with Crippen molar-refractivity contribution < 1.29 is 85.7 Å². The van der Waals surface area contributed by atoms with Crippen LogP contribution in [0.5, 0.6) is 0 Å². The van der Waals surface area contributed by atoms with Gasteiger partial charge in [0.1, 0.15) is 0 Å². The van der Waals surface area contributed by atoms with Gasteiger partial charge in [-0.1, -0.05) is 12.2 Å². The van der Waals surface area contributed by atoms with E-state index in [1.807, 2.05) is 12.2 Å². The molecule has 1 aromatic rings. The van der Waals surface area contributed by atoms with Crippen molar-refractivity contribution in [3.63, 3.8) is 0 Å². The Morgan fingerprint density at radius 2 is 0.767 bits per heavy atom. The average Bonchev–Trinajstić information content (AvgIpc) is 3.16. The average molecular weight is 849 g/mol. The Labute approximate surface area is 346 Å². The molecule has 2 amide bonds. The highest BCUT2D eigenvalue weighted by molar-refractivity contribution is 5.99. The minimum atomic E-state index is -1.63. The van der Waals surface area contributed by atoms with Gasteiger partial charge in [-0.15, -0.1) is 0 Å². The van der Waals surface area contributed by atoms with Gasteiger partial charge in [-0.05, 0) is 49.9 Å². The van der Waals surface area contributed by atoms with Gasteiger partial charge in [-0.2, -0.15) is 0 Å². The fourth-order valence-electron chi connectivity index (χ4n) is 6.79. The molecule has 4 aliphatic heterocycles. The molecule has 4 aliphatic rings. The molecule has 10 atom stereocenters.